The predicted octanol–water partition coefficient (Wildman–Crippen LogP) is 5.50. The van der Waals surface area contributed by atoms with Gasteiger partial charge in [0, 0.05) is 41.7 Å². The number of halogens is 2. The summed E-state index contributed by atoms with van der Waals surface area (Å²) in [6, 6.07) is 24.4. The molecule has 1 saturated heterocycles. The summed E-state index contributed by atoms with van der Waals surface area (Å²) < 4.78 is 6.06. The van der Waals surface area contributed by atoms with E-state index in [1.54, 1.807) is 29.2 Å². The van der Waals surface area contributed by atoms with Crippen LogP contribution in [0.15, 0.2) is 78.9 Å². The summed E-state index contributed by atoms with van der Waals surface area (Å²) in [5, 5.41) is 1.18. The minimum Gasteiger partial charge on any atom is -0.375 e. The standard InChI is InChI=1S/C28H28Cl2N2O3/c29-24-10-4-8-22(16-24)19-35-20-26(17-21-6-2-1-3-7-21)32-15-14-31(13-12-27(32)33)28(34)23-9-5-11-25(30)18-23/h1-11,16,18,26H,12-15,17,19-20H2/t26-/m0/s1. The average Bonchev–Trinajstić information content (AvgIpc) is 3.05. The Balaban J connectivity index is 1.46. The van der Waals surface area contributed by atoms with Gasteiger partial charge in [-0.3, -0.25) is 9.59 Å². The molecule has 0 aliphatic carbocycles. The molecule has 1 heterocycles. The van der Waals surface area contributed by atoms with E-state index in [9.17, 15) is 9.59 Å². The van der Waals surface area contributed by atoms with E-state index in [1.165, 1.54) is 0 Å². The molecule has 0 aromatic heterocycles. The van der Waals surface area contributed by atoms with Crippen molar-refractivity contribution in [3.8, 4) is 0 Å². The predicted molar refractivity (Wildman–Crippen MR) is 139 cm³/mol. The zero-order valence-electron chi connectivity index (χ0n) is 19.4. The molecule has 1 fully saturated rings. The van der Waals surface area contributed by atoms with Crippen LogP contribution in [0.2, 0.25) is 10.0 Å². The third-order valence-electron chi connectivity index (χ3n) is 6.11. The Morgan fingerprint density at radius 1 is 0.857 bits per heavy atom. The van der Waals surface area contributed by atoms with Crippen LogP contribution in [0.25, 0.3) is 0 Å². The zero-order chi connectivity index (χ0) is 24.6. The van der Waals surface area contributed by atoms with Crippen LogP contribution in [0, 0.1) is 0 Å². The number of hydrogen-bond donors (Lipinski definition) is 0. The maximum atomic E-state index is 13.2. The lowest BCUT2D eigenvalue weighted by atomic mass is 10.0. The first-order chi connectivity index (χ1) is 17.0. The van der Waals surface area contributed by atoms with Crippen LogP contribution in [0.1, 0.15) is 27.9 Å². The minimum absolute atomic E-state index is 0.0266. The van der Waals surface area contributed by atoms with Crippen molar-refractivity contribution in [1.82, 2.24) is 9.80 Å². The van der Waals surface area contributed by atoms with Crippen molar-refractivity contribution >= 4 is 35.0 Å². The number of rotatable bonds is 8. The van der Waals surface area contributed by atoms with Gasteiger partial charge in [0.15, 0.2) is 0 Å². The lowest BCUT2D eigenvalue weighted by molar-refractivity contribution is -0.134. The maximum Gasteiger partial charge on any atom is 0.253 e. The number of nitrogens with zero attached hydrogens (tertiary/aromatic N) is 2. The number of ether oxygens (including phenoxy) is 1. The summed E-state index contributed by atoms with van der Waals surface area (Å²) in [7, 11) is 0. The molecule has 3 aromatic carbocycles. The van der Waals surface area contributed by atoms with Crippen molar-refractivity contribution in [3.05, 3.63) is 106 Å². The summed E-state index contributed by atoms with van der Waals surface area (Å²) in [6.07, 6.45) is 0.941. The summed E-state index contributed by atoms with van der Waals surface area (Å²) in [6.45, 7) is 2.07. The molecule has 2 amide bonds. The van der Waals surface area contributed by atoms with Crippen LogP contribution in [0.5, 0.6) is 0 Å². The first-order valence-electron chi connectivity index (χ1n) is 11.7. The molecule has 0 bridgehead atoms. The molecule has 1 aliphatic rings. The summed E-state index contributed by atoms with van der Waals surface area (Å²) in [4.78, 5) is 29.8. The lowest BCUT2D eigenvalue weighted by Crippen LogP contribution is -2.45. The highest BCUT2D eigenvalue weighted by Crippen LogP contribution is 2.18. The van der Waals surface area contributed by atoms with Crippen molar-refractivity contribution in [3.63, 3.8) is 0 Å². The van der Waals surface area contributed by atoms with E-state index in [-0.39, 0.29) is 24.3 Å². The van der Waals surface area contributed by atoms with E-state index < -0.39 is 0 Å². The van der Waals surface area contributed by atoms with Crippen molar-refractivity contribution in [2.45, 2.75) is 25.5 Å². The quantitative estimate of drug-likeness (QED) is 0.402. The second-order valence-electron chi connectivity index (χ2n) is 8.63. The Morgan fingerprint density at radius 3 is 2.31 bits per heavy atom. The lowest BCUT2D eigenvalue weighted by Gasteiger charge is -2.31. The molecular weight excluding hydrogens is 483 g/mol. The fraction of sp³-hybridized carbons (Fsp3) is 0.286. The average molecular weight is 511 g/mol. The first-order valence-corrected chi connectivity index (χ1v) is 12.5. The normalized spacial score (nSPS) is 15.1. The largest absolute Gasteiger partial charge is 0.375 e. The van der Waals surface area contributed by atoms with Gasteiger partial charge in [0.2, 0.25) is 5.91 Å². The van der Waals surface area contributed by atoms with Gasteiger partial charge < -0.3 is 14.5 Å². The monoisotopic (exact) mass is 510 g/mol. The Labute approximate surface area is 216 Å². The van der Waals surface area contributed by atoms with Gasteiger partial charge in [-0.15, -0.1) is 0 Å². The van der Waals surface area contributed by atoms with Gasteiger partial charge in [0.1, 0.15) is 0 Å². The highest BCUT2D eigenvalue weighted by molar-refractivity contribution is 6.31. The molecule has 0 saturated carbocycles. The van der Waals surface area contributed by atoms with E-state index in [0.29, 0.717) is 54.9 Å². The number of benzene rings is 3. The second-order valence-corrected chi connectivity index (χ2v) is 9.50. The van der Waals surface area contributed by atoms with E-state index in [1.807, 2.05) is 47.4 Å². The molecule has 35 heavy (non-hydrogen) atoms. The van der Waals surface area contributed by atoms with Gasteiger partial charge in [-0.2, -0.15) is 0 Å². The van der Waals surface area contributed by atoms with Gasteiger partial charge in [0.05, 0.1) is 19.3 Å². The molecule has 3 aromatic rings. The Morgan fingerprint density at radius 2 is 1.57 bits per heavy atom. The van der Waals surface area contributed by atoms with Crippen molar-refractivity contribution in [1.29, 1.82) is 0 Å². The zero-order valence-corrected chi connectivity index (χ0v) is 20.9. The molecule has 0 N–H and O–H groups in total. The summed E-state index contributed by atoms with van der Waals surface area (Å²) in [5.74, 6) is -0.0855. The number of carbonyl (C=O) groups excluding carboxylic acids is 2. The SMILES string of the molecule is O=C(c1cccc(Cl)c1)N1CCC(=O)N([C@H](COCc2cccc(Cl)c2)Cc2ccccc2)CC1. The van der Waals surface area contributed by atoms with Crippen LogP contribution >= 0.6 is 23.2 Å². The first kappa shape index (κ1) is 25.2. The molecule has 0 radical (unpaired) electrons. The Kier molecular flexibility index (Phi) is 8.80. The van der Waals surface area contributed by atoms with Gasteiger partial charge in [0.25, 0.3) is 5.91 Å². The van der Waals surface area contributed by atoms with Crippen LogP contribution in [0.3, 0.4) is 0 Å². The fourth-order valence-electron chi connectivity index (χ4n) is 4.32. The highest BCUT2D eigenvalue weighted by Gasteiger charge is 2.29. The van der Waals surface area contributed by atoms with E-state index >= 15 is 0 Å². The topological polar surface area (TPSA) is 49.9 Å². The van der Waals surface area contributed by atoms with Crippen LogP contribution in [-0.4, -0.2) is 53.9 Å². The maximum absolute atomic E-state index is 13.2. The van der Waals surface area contributed by atoms with Gasteiger partial charge in [-0.05, 0) is 47.9 Å². The van der Waals surface area contributed by atoms with Crippen molar-refractivity contribution < 1.29 is 14.3 Å². The van der Waals surface area contributed by atoms with Crippen LogP contribution in [0.4, 0.5) is 0 Å². The van der Waals surface area contributed by atoms with E-state index in [0.717, 1.165) is 11.1 Å². The molecule has 4 rings (SSSR count). The Hall–Kier alpha value is -2.86. The number of amides is 2. The van der Waals surface area contributed by atoms with Gasteiger partial charge in [-0.1, -0.05) is 71.7 Å². The minimum atomic E-state index is -0.148. The van der Waals surface area contributed by atoms with Gasteiger partial charge in [-0.25, -0.2) is 0 Å². The molecule has 7 heteroatoms. The van der Waals surface area contributed by atoms with E-state index in [4.69, 9.17) is 27.9 Å². The van der Waals surface area contributed by atoms with Gasteiger partial charge >= 0.3 is 0 Å². The molecule has 182 valence electrons. The number of carbonyl (C=O) groups is 2. The highest BCUT2D eigenvalue weighted by atomic mass is 35.5. The molecular formula is C28H28Cl2N2O3. The third-order valence-corrected chi connectivity index (χ3v) is 6.58. The second kappa shape index (κ2) is 12.2. The molecule has 0 spiro atoms. The number of hydrogen-bond acceptors (Lipinski definition) is 3. The fourth-order valence-corrected chi connectivity index (χ4v) is 4.72. The summed E-state index contributed by atoms with van der Waals surface area (Å²) in [5.41, 5.74) is 2.65. The Bertz CT molecular complexity index is 1160. The van der Waals surface area contributed by atoms with E-state index in [2.05, 4.69) is 12.1 Å². The molecule has 5 nitrogen and oxygen atoms in total. The summed E-state index contributed by atoms with van der Waals surface area (Å²) >= 11 is 12.2. The molecule has 1 aliphatic heterocycles. The van der Waals surface area contributed by atoms with Crippen molar-refractivity contribution in [2.75, 3.05) is 26.2 Å². The van der Waals surface area contributed by atoms with Crippen LogP contribution < -0.4 is 0 Å². The smallest absolute Gasteiger partial charge is 0.253 e. The van der Waals surface area contributed by atoms with Crippen molar-refractivity contribution in [2.24, 2.45) is 0 Å². The van der Waals surface area contributed by atoms with Crippen LogP contribution in [-0.2, 0) is 22.6 Å². The molecule has 1 atom stereocenters. The third kappa shape index (κ3) is 7.07. The molecule has 0 unspecified atom stereocenters.